The van der Waals surface area contributed by atoms with Crippen LogP contribution in [0.1, 0.15) is 25.0 Å². The lowest BCUT2D eigenvalue weighted by atomic mass is 9.97. The number of hydrogen-bond acceptors (Lipinski definition) is 2. The second kappa shape index (κ2) is 5.29. The maximum Gasteiger partial charge on any atom is 0.264 e. The number of anilines is 1. The molecule has 0 radical (unpaired) electrons. The maximum atomic E-state index is 13.0. The van der Waals surface area contributed by atoms with E-state index in [0.29, 0.717) is 11.4 Å². The lowest BCUT2D eigenvalue weighted by Crippen LogP contribution is -2.35. The summed E-state index contributed by atoms with van der Waals surface area (Å²) in [6, 6.07) is 14.7. The Morgan fingerprint density at radius 2 is 1.55 bits per heavy atom. The van der Waals surface area contributed by atoms with Crippen LogP contribution < -0.4 is 4.31 Å². The van der Waals surface area contributed by atoms with E-state index in [2.05, 4.69) is 0 Å². The fraction of sp³-hybridized carbons (Fsp3) is 0.222. The third-order valence-electron chi connectivity index (χ3n) is 4.21. The summed E-state index contributed by atoms with van der Waals surface area (Å²) in [6.07, 6.45) is 0. The predicted octanol–water partition coefficient (Wildman–Crippen LogP) is 4.00. The highest BCUT2D eigenvalue weighted by Gasteiger charge is 2.30. The molecule has 1 aliphatic rings. The van der Waals surface area contributed by atoms with E-state index in [1.54, 1.807) is 12.1 Å². The molecule has 0 saturated heterocycles. The van der Waals surface area contributed by atoms with Gasteiger partial charge in [-0.1, -0.05) is 35.9 Å². The number of para-hydroxylation sites is 1. The maximum absolute atomic E-state index is 13.0. The molecule has 0 unspecified atom stereocenters. The van der Waals surface area contributed by atoms with E-state index < -0.39 is 10.0 Å². The quantitative estimate of drug-likeness (QED) is 0.840. The summed E-state index contributed by atoms with van der Waals surface area (Å²) >= 11 is 0. The van der Waals surface area contributed by atoms with Gasteiger partial charge in [-0.2, -0.15) is 0 Å². The second-order valence-electron chi connectivity index (χ2n) is 5.75. The molecule has 0 N–H and O–H groups in total. The first kappa shape index (κ1) is 14.9. The Morgan fingerprint density at radius 1 is 0.909 bits per heavy atom. The molecule has 0 aliphatic carbocycles. The lowest BCUT2D eigenvalue weighted by Gasteiger charge is -2.32. The van der Waals surface area contributed by atoms with Crippen molar-refractivity contribution < 1.29 is 8.42 Å². The van der Waals surface area contributed by atoms with Crippen molar-refractivity contribution in [3.63, 3.8) is 0 Å². The minimum Gasteiger partial charge on any atom is -0.262 e. The molecule has 3 rings (SSSR count). The largest absolute Gasteiger partial charge is 0.264 e. The highest BCUT2D eigenvalue weighted by molar-refractivity contribution is 7.92. The van der Waals surface area contributed by atoms with Crippen molar-refractivity contribution in [1.29, 1.82) is 0 Å². The van der Waals surface area contributed by atoms with Crippen molar-refractivity contribution in [2.45, 2.75) is 25.7 Å². The molecule has 1 heterocycles. The first-order valence-corrected chi connectivity index (χ1v) is 8.70. The van der Waals surface area contributed by atoms with Gasteiger partial charge in [0.1, 0.15) is 0 Å². The molecule has 0 amide bonds. The second-order valence-corrected chi connectivity index (χ2v) is 7.61. The molecular formula is C18H19NO2S. The zero-order chi connectivity index (χ0) is 15.9. The van der Waals surface area contributed by atoms with Gasteiger partial charge < -0.3 is 0 Å². The molecule has 0 fully saturated rings. The van der Waals surface area contributed by atoms with Crippen LogP contribution in [-0.2, 0) is 10.0 Å². The van der Waals surface area contributed by atoms with Crippen LogP contribution in [0.15, 0.2) is 59.0 Å². The molecule has 0 bridgehead atoms. The molecule has 0 saturated carbocycles. The summed E-state index contributed by atoms with van der Waals surface area (Å²) in [6.45, 7) is 6.38. The third kappa shape index (κ3) is 2.33. The molecule has 4 heteroatoms. The van der Waals surface area contributed by atoms with Crippen molar-refractivity contribution in [2.24, 2.45) is 0 Å². The van der Waals surface area contributed by atoms with Crippen molar-refractivity contribution in [3.05, 3.63) is 65.2 Å². The van der Waals surface area contributed by atoms with Crippen LogP contribution in [0.4, 0.5) is 5.69 Å². The standard InChI is InChI=1S/C18H19NO2S/c1-13-8-10-16(11-9-13)22(20,21)19-12-14(2)15(3)17-6-4-5-7-18(17)19/h4-11H,12H2,1-3H3. The summed E-state index contributed by atoms with van der Waals surface area (Å²) in [5.41, 5.74) is 5.03. The Balaban J connectivity index is 2.15. The van der Waals surface area contributed by atoms with Gasteiger partial charge in [0.15, 0.2) is 0 Å². The molecule has 1 aliphatic heterocycles. The SMILES string of the molecule is CC1=C(C)c2ccccc2N(S(=O)(=O)c2ccc(C)cc2)C1. The molecule has 22 heavy (non-hydrogen) atoms. The first-order valence-electron chi connectivity index (χ1n) is 7.26. The molecule has 2 aromatic rings. The highest BCUT2D eigenvalue weighted by Crippen LogP contribution is 2.37. The molecular weight excluding hydrogens is 294 g/mol. The number of rotatable bonds is 2. The average Bonchev–Trinajstić information content (AvgIpc) is 2.51. The Morgan fingerprint density at radius 3 is 2.23 bits per heavy atom. The molecule has 3 nitrogen and oxygen atoms in total. The molecule has 2 aromatic carbocycles. The van der Waals surface area contributed by atoms with Crippen molar-refractivity contribution >= 4 is 21.3 Å². The van der Waals surface area contributed by atoms with E-state index in [4.69, 9.17) is 0 Å². The zero-order valence-electron chi connectivity index (χ0n) is 13.0. The highest BCUT2D eigenvalue weighted by atomic mass is 32.2. The fourth-order valence-corrected chi connectivity index (χ4v) is 4.23. The average molecular weight is 313 g/mol. The Bertz CT molecular complexity index is 849. The molecule has 0 aromatic heterocycles. The summed E-state index contributed by atoms with van der Waals surface area (Å²) in [4.78, 5) is 0.334. The van der Waals surface area contributed by atoms with Gasteiger partial charge in [0.2, 0.25) is 0 Å². The molecule has 0 atom stereocenters. The van der Waals surface area contributed by atoms with Gasteiger partial charge >= 0.3 is 0 Å². The number of hydrogen-bond donors (Lipinski definition) is 0. The van der Waals surface area contributed by atoms with Crippen LogP contribution in [0.3, 0.4) is 0 Å². The molecule has 0 spiro atoms. The van der Waals surface area contributed by atoms with Crippen LogP contribution >= 0.6 is 0 Å². The van der Waals surface area contributed by atoms with Crippen LogP contribution in [-0.4, -0.2) is 15.0 Å². The third-order valence-corrected chi connectivity index (χ3v) is 5.98. The van der Waals surface area contributed by atoms with Crippen LogP contribution in [0.5, 0.6) is 0 Å². The number of aryl methyl sites for hydroxylation is 1. The Hall–Kier alpha value is -2.07. The van der Waals surface area contributed by atoms with Crippen molar-refractivity contribution in [3.8, 4) is 0 Å². The molecule has 114 valence electrons. The summed E-state index contributed by atoms with van der Waals surface area (Å²) in [5.74, 6) is 0. The van der Waals surface area contributed by atoms with E-state index in [-0.39, 0.29) is 0 Å². The minimum absolute atomic E-state index is 0.334. The van der Waals surface area contributed by atoms with E-state index in [0.717, 1.165) is 28.0 Å². The predicted molar refractivity (Wildman–Crippen MR) is 90.4 cm³/mol. The number of benzene rings is 2. The summed E-state index contributed by atoms with van der Waals surface area (Å²) in [5, 5.41) is 0. The Labute approximate surface area is 132 Å². The number of sulfonamides is 1. The smallest absolute Gasteiger partial charge is 0.262 e. The van der Waals surface area contributed by atoms with Gasteiger partial charge in [0.05, 0.1) is 17.1 Å². The Kier molecular flexibility index (Phi) is 3.57. The van der Waals surface area contributed by atoms with Gasteiger partial charge in [-0.25, -0.2) is 8.42 Å². The normalized spacial score (nSPS) is 15.0. The number of fused-ring (bicyclic) bond motifs is 1. The van der Waals surface area contributed by atoms with Gasteiger partial charge in [-0.05, 0) is 50.1 Å². The zero-order valence-corrected chi connectivity index (χ0v) is 13.8. The summed E-state index contributed by atoms with van der Waals surface area (Å²) < 4.78 is 27.5. The van der Waals surface area contributed by atoms with E-state index >= 15 is 0 Å². The van der Waals surface area contributed by atoms with Gasteiger partial charge in [0, 0.05) is 5.56 Å². The van der Waals surface area contributed by atoms with Gasteiger partial charge in [-0.15, -0.1) is 0 Å². The monoisotopic (exact) mass is 313 g/mol. The van der Waals surface area contributed by atoms with Gasteiger partial charge in [0.25, 0.3) is 10.0 Å². The van der Waals surface area contributed by atoms with Gasteiger partial charge in [-0.3, -0.25) is 4.31 Å². The van der Waals surface area contributed by atoms with E-state index in [9.17, 15) is 8.42 Å². The van der Waals surface area contributed by atoms with Crippen molar-refractivity contribution in [2.75, 3.05) is 10.8 Å². The topological polar surface area (TPSA) is 37.4 Å². The van der Waals surface area contributed by atoms with E-state index in [1.807, 2.05) is 57.2 Å². The first-order chi connectivity index (χ1) is 10.4. The number of nitrogens with zero attached hydrogens (tertiary/aromatic N) is 1. The van der Waals surface area contributed by atoms with Crippen LogP contribution in [0.25, 0.3) is 5.57 Å². The van der Waals surface area contributed by atoms with Crippen LogP contribution in [0, 0.1) is 6.92 Å². The van der Waals surface area contributed by atoms with Crippen molar-refractivity contribution in [1.82, 2.24) is 0 Å². The minimum atomic E-state index is -3.55. The van der Waals surface area contributed by atoms with E-state index in [1.165, 1.54) is 4.31 Å². The van der Waals surface area contributed by atoms with Crippen LogP contribution in [0.2, 0.25) is 0 Å². The number of allylic oxidation sites excluding steroid dienone is 1. The summed E-state index contributed by atoms with van der Waals surface area (Å²) in [7, 11) is -3.55. The lowest BCUT2D eigenvalue weighted by molar-refractivity contribution is 0.592. The fourth-order valence-electron chi connectivity index (χ4n) is 2.71.